The zero-order valence-electron chi connectivity index (χ0n) is 8.91. The fraction of sp³-hybridized carbons (Fsp3) is 0.300. The summed E-state index contributed by atoms with van der Waals surface area (Å²) in [5.74, 6) is -0.123. The van der Waals surface area contributed by atoms with Crippen LogP contribution in [-0.4, -0.2) is 17.3 Å². The topological polar surface area (TPSA) is 69.4 Å². The second-order valence-corrected chi connectivity index (χ2v) is 4.46. The normalized spacial score (nSPS) is 10.1. The number of nitro benzene ring substituents is 1. The third-order valence-corrected chi connectivity index (χ3v) is 2.76. The van der Waals surface area contributed by atoms with E-state index in [0.29, 0.717) is 10.9 Å². The Morgan fingerprint density at radius 3 is 2.76 bits per heavy atom. The van der Waals surface area contributed by atoms with E-state index in [4.69, 9.17) is 16.3 Å². The molecule has 1 rings (SSSR count). The summed E-state index contributed by atoms with van der Waals surface area (Å²) in [6, 6.07) is 2.65. The summed E-state index contributed by atoms with van der Waals surface area (Å²) in [5.41, 5.74) is -0.270. The third-order valence-electron chi connectivity index (χ3n) is 1.96. The number of nitro groups is 1. The van der Waals surface area contributed by atoms with Gasteiger partial charge in [0.25, 0.3) is 0 Å². The van der Waals surface area contributed by atoms with Crippen LogP contribution in [0.2, 0.25) is 5.02 Å². The molecule has 0 atom stereocenters. The average molecular weight is 323 g/mol. The van der Waals surface area contributed by atoms with Crippen LogP contribution >= 0.6 is 27.5 Å². The molecule has 0 aliphatic heterocycles. The molecule has 0 bridgehead atoms. The van der Waals surface area contributed by atoms with E-state index in [0.717, 1.165) is 0 Å². The van der Waals surface area contributed by atoms with E-state index in [9.17, 15) is 14.9 Å². The third kappa shape index (κ3) is 3.67. The number of ether oxygens (including phenoxy) is 1. The van der Waals surface area contributed by atoms with Gasteiger partial charge >= 0.3 is 5.69 Å². The molecule has 0 amide bonds. The summed E-state index contributed by atoms with van der Waals surface area (Å²) in [6.45, 7) is 1.49. The van der Waals surface area contributed by atoms with Crippen molar-refractivity contribution in [3.05, 3.63) is 31.7 Å². The van der Waals surface area contributed by atoms with E-state index in [2.05, 4.69) is 15.9 Å². The molecule has 0 saturated heterocycles. The molecule has 0 N–H and O–H groups in total. The van der Waals surface area contributed by atoms with E-state index in [1.807, 2.05) is 0 Å². The van der Waals surface area contributed by atoms with Crippen LogP contribution in [0.3, 0.4) is 0 Å². The van der Waals surface area contributed by atoms with Gasteiger partial charge < -0.3 is 4.74 Å². The molecule has 92 valence electrons. The van der Waals surface area contributed by atoms with Crippen LogP contribution in [0.25, 0.3) is 0 Å². The number of carbonyl (C=O) groups is 1. The SMILES string of the molecule is CCC(=O)COc1c(Br)cc(Cl)cc1[N+](=O)[O-]. The van der Waals surface area contributed by atoms with Gasteiger partial charge in [0.05, 0.1) is 9.40 Å². The van der Waals surface area contributed by atoms with E-state index < -0.39 is 4.92 Å². The molecule has 0 radical (unpaired) electrons. The molecule has 0 aliphatic carbocycles. The van der Waals surface area contributed by atoms with Crippen molar-refractivity contribution in [3.8, 4) is 5.75 Å². The predicted octanol–water partition coefficient (Wildman–Crippen LogP) is 3.37. The first kappa shape index (κ1) is 13.9. The van der Waals surface area contributed by atoms with Gasteiger partial charge in [0, 0.05) is 17.5 Å². The van der Waals surface area contributed by atoms with Gasteiger partial charge in [-0.05, 0) is 22.0 Å². The van der Waals surface area contributed by atoms with Gasteiger partial charge in [-0.3, -0.25) is 14.9 Å². The lowest BCUT2D eigenvalue weighted by atomic mass is 10.3. The van der Waals surface area contributed by atoms with Crippen molar-refractivity contribution in [3.63, 3.8) is 0 Å². The van der Waals surface area contributed by atoms with Crippen LogP contribution in [-0.2, 0) is 4.79 Å². The average Bonchev–Trinajstić information content (AvgIpc) is 2.26. The maximum absolute atomic E-state index is 11.1. The van der Waals surface area contributed by atoms with Gasteiger partial charge in [0.15, 0.2) is 5.78 Å². The number of hydrogen-bond donors (Lipinski definition) is 0. The van der Waals surface area contributed by atoms with Gasteiger partial charge in [-0.1, -0.05) is 18.5 Å². The maximum Gasteiger partial charge on any atom is 0.313 e. The van der Waals surface area contributed by atoms with Crippen LogP contribution in [0.5, 0.6) is 5.75 Å². The first-order valence-electron chi connectivity index (χ1n) is 4.73. The monoisotopic (exact) mass is 321 g/mol. The molecule has 1 aromatic rings. The fourth-order valence-corrected chi connectivity index (χ4v) is 1.99. The molecule has 0 heterocycles. The minimum Gasteiger partial charge on any atom is -0.478 e. The molecule has 7 heteroatoms. The molecule has 0 spiro atoms. The van der Waals surface area contributed by atoms with Crippen LogP contribution in [0, 0.1) is 10.1 Å². The zero-order valence-corrected chi connectivity index (χ0v) is 11.2. The number of carbonyl (C=O) groups excluding carboxylic acids is 1. The highest BCUT2D eigenvalue weighted by atomic mass is 79.9. The Morgan fingerprint density at radius 1 is 1.59 bits per heavy atom. The van der Waals surface area contributed by atoms with Crippen LogP contribution in [0.4, 0.5) is 5.69 Å². The molecule has 0 saturated carbocycles. The lowest BCUT2D eigenvalue weighted by molar-refractivity contribution is -0.385. The summed E-state index contributed by atoms with van der Waals surface area (Å²) in [7, 11) is 0. The molecular weight excluding hydrogens is 313 g/mol. The molecule has 0 fully saturated rings. The summed E-state index contributed by atoms with van der Waals surface area (Å²) < 4.78 is 5.49. The highest BCUT2D eigenvalue weighted by Crippen LogP contribution is 2.37. The Balaban J connectivity index is 3.04. The van der Waals surface area contributed by atoms with Crippen molar-refractivity contribution >= 4 is 39.0 Å². The summed E-state index contributed by atoms with van der Waals surface area (Å²) in [5, 5.41) is 11.0. The molecule has 17 heavy (non-hydrogen) atoms. The minimum absolute atomic E-state index is 0.0150. The Labute approximate surface area is 111 Å². The lowest BCUT2D eigenvalue weighted by Gasteiger charge is -2.07. The zero-order chi connectivity index (χ0) is 13.0. The van der Waals surface area contributed by atoms with E-state index in [1.165, 1.54) is 12.1 Å². The minimum atomic E-state index is -0.609. The summed E-state index contributed by atoms with van der Waals surface area (Å²) in [6.07, 6.45) is 0.318. The quantitative estimate of drug-likeness (QED) is 0.615. The van der Waals surface area contributed by atoms with E-state index in [1.54, 1.807) is 6.92 Å². The van der Waals surface area contributed by atoms with Crippen molar-refractivity contribution < 1.29 is 14.5 Å². The van der Waals surface area contributed by atoms with Gasteiger partial charge in [-0.2, -0.15) is 0 Å². The van der Waals surface area contributed by atoms with Crippen LogP contribution in [0.1, 0.15) is 13.3 Å². The van der Waals surface area contributed by atoms with Gasteiger partial charge in [0.1, 0.15) is 6.61 Å². The molecule has 0 unspecified atom stereocenters. The van der Waals surface area contributed by atoms with Crippen molar-refractivity contribution in [2.45, 2.75) is 13.3 Å². The number of hydrogen-bond acceptors (Lipinski definition) is 4. The Bertz CT molecular complexity index is 464. The number of benzene rings is 1. The second-order valence-electron chi connectivity index (χ2n) is 3.17. The van der Waals surface area contributed by atoms with Gasteiger partial charge in [0.2, 0.25) is 5.75 Å². The largest absolute Gasteiger partial charge is 0.478 e. The van der Waals surface area contributed by atoms with Crippen molar-refractivity contribution in [2.24, 2.45) is 0 Å². The van der Waals surface area contributed by atoms with E-state index in [-0.39, 0.29) is 28.8 Å². The van der Waals surface area contributed by atoms with Crippen molar-refractivity contribution in [2.75, 3.05) is 6.61 Å². The molecule has 1 aromatic carbocycles. The predicted molar refractivity (Wildman–Crippen MR) is 66.6 cm³/mol. The highest BCUT2D eigenvalue weighted by molar-refractivity contribution is 9.10. The second kappa shape index (κ2) is 5.97. The Hall–Kier alpha value is -1.14. The van der Waals surface area contributed by atoms with Crippen LogP contribution < -0.4 is 4.74 Å². The number of halogens is 2. The van der Waals surface area contributed by atoms with E-state index >= 15 is 0 Å². The lowest BCUT2D eigenvalue weighted by Crippen LogP contribution is -2.10. The molecule has 5 nitrogen and oxygen atoms in total. The molecular formula is C10H9BrClNO4. The first-order chi connectivity index (χ1) is 7.95. The highest BCUT2D eigenvalue weighted by Gasteiger charge is 2.20. The van der Waals surface area contributed by atoms with Crippen LogP contribution in [0.15, 0.2) is 16.6 Å². The smallest absolute Gasteiger partial charge is 0.313 e. The Kier molecular flexibility index (Phi) is 4.89. The fourth-order valence-electron chi connectivity index (χ4n) is 1.08. The number of ketones is 1. The summed E-state index contributed by atoms with van der Waals surface area (Å²) in [4.78, 5) is 21.3. The summed E-state index contributed by atoms with van der Waals surface area (Å²) >= 11 is 8.81. The van der Waals surface area contributed by atoms with Gasteiger partial charge in [-0.25, -0.2) is 0 Å². The van der Waals surface area contributed by atoms with Crippen molar-refractivity contribution in [1.29, 1.82) is 0 Å². The Morgan fingerprint density at radius 2 is 2.24 bits per heavy atom. The molecule has 0 aliphatic rings. The standard InChI is InChI=1S/C10H9BrClNO4/c1-2-7(14)5-17-10-8(11)3-6(12)4-9(10)13(15)16/h3-4H,2,5H2,1H3. The number of rotatable bonds is 5. The number of Topliss-reactive ketones (excluding diaryl/α,β-unsaturated/α-hetero) is 1. The maximum atomic E-state index is 11.1. The molecule has 0 aromatic heterocycles. The van der Waals surface area contributed by atoms with Crippen molar-refractivity contribution in [1.82, 2.24) is 0 Å². The number of nitrogens with zero attached hydrogens (tertiary/aromatic N) is 1. The van der Waals surface area contributed by atoms with Gasteiger partial charge in [-0.15, -0.1) is 0 Å². The first-order valence-corrected chi connectivity index (χ1v) is 5.90.